The molecule has 1 atom stereocenters. The summed E-state index contributed by atoms with van der Waals surface area (Å²) in [5.41, 5.74) is 0.0851. The van der Waals surface area contributed by atoms with Gasteiger partial charge in [0.05, 0.1) is 23.9 Å². The molecule has 3 rings (SSSR count). The van der Waals surface area contributed by atoms with Gasteiger partial charge >= 0.3 is 17.0 Å². The summed E-state index contributed by atoms with van der Waals surface area (Å²) >= 11 is 5.79. The highest BCUT2D eigenvalue weighted by molar-refractivity contribution is 6.28. The summed E-state index contributed by atoms with van der Waals surface area (Å²) in [6.45, 7) is 1.24. The molecule has 0 radical (unpaired) electrons. The van der Waals surface area contributed by atoms with E-state index < -0.39 is 23.5 Å². The predicted octanol–water partition coefficient (Wildman–Crippen LogP) is 2.56. The van der Waals surface area contributed by atoms with E-state index >= 15 is 0 Å². The van der Waals surface area contributed by atoms with Crippen LogP contribution in [0.2, 0.25) is 5.15 Å². The first-order valence-corrected chi connectivity index (χ1v) is 7.52. The topological polar surface area (TPSA) is 64.7 Å². The van der Waals surface area contributed by atoms with Crippen molar-refractivity contribution >= 4 is 23.2 Å². The van der Waals surface area contributed by atoms with Crippen molar-refractivity contribution in [2.45, 2.75) is 25.5 Å². The van der Waals surface area contributed by atoms with Gasteiger partial charge in [0.2, 0.25) is 6.20 Å². The average molecular weight is 356 g/mol. The minimum atomic E-state index is -3.71. The van der Waals surface area contributed by atoms with Crippen molar-refractivity contribution in [2.75, 3.05) is 4.90 Å². The third-order valence-electron chi connectivity index (χ3n) is 3.94. The number of rotatable bonds is 3. The van der Waals surface area contributed by atoms with E-state index in [-0.39, 0.29) is 22.9 Å². The van der Waals surface area contributed by atoms with Gasteiger partial charge in [-0.2, -0.15) is 8.78 Å². The minimum Gasteiger partial charge on any atom is -0.389 e. The van der Waals surface area contributed by atoms with E-state index in [2.05, 4.69) is 0 Å². The maximum Gasteiger partial charge on any atom is 0.352 e. The van der Waals surface area contributed by atoms with E-state index in [1.807, 2.05) is 0 Å². The van der Waals surface area contributed by atoms with Crippen LogP contribution in [-0.4, -0.2) is 16.2 Å². The molecule has 8 heteroatoms. The van der Waals surface area contributed by atoms with Crippen molar-refractivity contribution in [1.82, 2.24) is 0 Å². The molecule has 1 aliphatic heterocycles. The summed E-state index contributed by atoms with van der Waals surface area (Å²) in [6.07, 6.45) is 0.127. The van der Waals surface area contributed by atoms with Crippen molar-refractivity contribution in [3.63, 3.8) is 0 Å². The number of halogens is 3. The Labute approximate surface area is 141 Å². The quantitative estimate of drug-likeness (QED) is 0.505. The molecule has 5 nitrogen and oxygen atoms in total. The third-order valence-corrected chi connectivity index (χ3v) is 4.22. The fourth-order valence-electron chi connectivity index (χ4n) is 2.80. The van der Waals surface area contributed by atoms with Gasteiger partial charge in [-0.15, -0.1) is 0 Å². The van der Waals surface area contributed by atoms with E-state index in [0.29, 0.717) is 10.3 Å². The Balaban J connectivity index is 2.07. The zero-order valence-corrected chi connectivity index (χ0v) is 13.3. The highest BCUT2D eigenvalue weighted by Gasteiger charge is 2.54. The van der Waals surface area contributed by atoms with Crippen molar-refractivity contribution in [3.8, 4) is 0 Å². The van der Waals surface area contributed by atoms with Crippen LogP contribution in [0.15, 0.2) is 36.5 Å². The molecule has 1 aromatic heterocycles. The molecule has 0 saturated carbocycles. The highest BCUT2D eigenvalue weighted by Crippen LogP contribution is 2.47. The number of benzene rings is 1. The first kappa shape index (κ1) is 16.6. The number of alkyl halides is 2. The largest absolute Gasteiger partial charge is 0.389 e. The van der Waals surface area contributed by atoms with Crippen LogP contribution in [0.3, 0.4) is 0 Å². The van der Waals surface area contributed by atoms with Crippen LogP contribution in [0.5, 0.6) is 0 Å². The summed E-state index contributed by atoms with van der Waals surface area (Å²) in [5.74, 6) is -5.07. The van der Waals surface area contributed by atoms with Crippen LogP contribution in [0, 0.1) is 0 Å². The molecule has 0 unspecified atom stereocenters. The standard InChI is InChI=1S/C16H14ClF2N2O3/c1-9(22)11-3-2-4-12-14(11)16(18,19)15(23)20(12)8-10-5-6-21(24)13(17)7-10/h2-7,9,22,24H,8H2,1H3/q+1/t9-/m0/s1. The van der Waals surface area contributed by atoms with E-state index in [1.54, 1.807) is 0 Å². The SMILES string of the molecule is C[C@H](O)c1cccc2c1C(F)(F)C(=O)N2Cc1cc[n+](O)c(Cl)c1. The Morgan fingerprint density at radius 2 is 2.08 bits per heavy atom. The van der Waals surface area contributed by atoms with Gasteiger partial charge in [-0.25, -0.2) is 0 Å². The summed E-state index contributed by atoms with van der Waals surface area (Å²) in [6, 6.07) is 7.15. The molecule has 2 heterocycles. The fourth-order valence-corrected chi connectivity index (χ4v) is 3.00. The second-order valence-electron chi connectivity index (χ2n) is 5.59. The van der Waals surface area contributed by atoms with Gasteiger partial charge in [-0.05, 0) is 35.7 Å². The van der Waals surface area contributed by atoms with Gasteiger partial charge < -0.3 is 10.0 Å². The molecule has 2 aromatic rings. The van der Waals surface area contributed by atoms with Crippen molar-refractivity contribution in [2.24, 2.45) is 0 Å². The van der Waals surface area contributed by atoms with Crippen LogP contribution in [0.4, 0.5) is 14.5 Å². The number of carbonyl (C=O) groups excluding carboxylic acids is 1. The molecule has 0 fully saturated rings. The lowest BCUT2D eigenvalue weighted by Crippen LogP contribution is -2.35. The maximum atomic E-state index is 14.5. The van der Waals surface area contributed by atoms with Crippen LogP contribution in [-0.2, 0) is 17.3 Å². The molecule has 0 aliphatic carbocycles. The molecular formula is C16H14ClF2N2O3+. The fraction of sp³-hybridized carbons (Fsp3) is 0.250. The Hall–Kier alpha value is -2.25. The number of anilines is 1. The first-order chi connectivity index (χ1) is 11.2. The van der Waals surface area contributed by atoms with Crippen LogP contribution in [0.1, 0.15) is 29.7 Å². The number of aliphatic hydroxyl groups excluding tert-OH is 1. The van der Waals surface area contributed by atoms with Crippen LogP contribution >= 0.6 is 11.6 Å². The molecular weight excluding hydrogens is 342 g/mol. The van der Waals surface area contributed by atoms with Crippen LogP contribution < -0.4 is 9.63 Å². The molecule has 2 N–H and O–H groups in total. The van der Waals surface area contributed by atoms with E-state index in [1.165, 1.54) is 43.5 Å². The van der Waals surface area contributed by atoms with Crippen molar-refractivity contribution < 1.29 is 28.6 Å². The van der Waals surface area contributed by atoms with E-state index in [9.17, 15) is 23.9 Å². The summed E-state index contributed by atoms with van der Waals surface area (Å²) in [5, 5.41) is 19.1. The number of hydrogen-bond acceptors (Lipinski definition) is 3. The number of aromatic nitrogens is 1. The second kappa shape index (κ2) is 5.68. The molecule has 1 amide bonds. The monoisotopic (exact) mass is 355 g/mol. The van der Waals surface area contributed by atoms with Gasteiger partial charge in [-0.1, -0.05) is 12.1 Å². The summed E-state index contributed by atoms with van der Waals surface area (Å²) < 4.78 is 29.6. The average Bonchev–Trinajstić information content (AvgIpc) is 2.72. The van der Waals surface area contributed by atoms with Crippen molar-refractivity contribution in [3.05, 3.63) is 58.4 Å². The number of fused-ring (bicyclic) bond motifs is 1. The van der Waals surface area contributed by atoms with Crippen LogP contribution in [0.25, 0.3) is 0 Å². The normalized spacial score (nSPS) is 17.0. The lowest BCUT2D eigenvalue weighted by molar-refractivity contribution is -0.903. The number of pyridine rings is 1. The maximum absolute atomic E-state index is 14.5. The zero-order valence-electron chi connectivity index (χ0n) is 12.6. The number of amides is 1. The summed E-state index contributed by atoms with van der Waals surface area (Å²) in [4.78, 5) is 13.2. The lowest BCUT2D eigenvalue weighted by Gasteiger charge is -2.17. The first-order valence-electron chi connectivity index (χ1n) is 7.14. The Bertz CT molecular complexity index is 827. The zero-order chi connectivity index (χ0) is 17.6. The number of carbonyl (C=O) groups is 1. The van der Waals surface area contributed by atoms with Gasteiger partial charge in [0.25, 0.3) is 0 Å². The van der Waals surface area contributed by atoms with Gasteiger partial charge in [0.1, 0.15) is 0 Å². The minimum absolute atomic E-state index is 0.0103. The molecule has 0 saturated heterocycles. The third kappa shape index (κ3) is 2.50. The van der Waals surface area contributed by atoms with E-state index in [4.69, 9.17) is 11.6 Å². The van der Waals surface area contributed by atoms with Gasteiger partial charge in [-0.3, -0.25) is 10.0 Å². The smallest absolute Gasteiger partial charge is 0.352 e. The molecule has 1 aliphatic rings. The van der Waals surface area contributed by atoms with Gasteiger partial charge in [0, 0.05) is 16.9 Å². The van der Waals surface area contributed by atoms with Gasteiger partial charge in [0.15, 0.2) is 0 Å². The number of hydrogen-bond donors (Lipinski definition) is 2. The molecule has 126 valence electrons. The molecule has 24 heavy (non-hydrogen) atoms. The predicted molar refractivity (Wildman–Crippen MR) is 81.0 cm³/mol. The molecule has 0 spiro atoms. The second-order valence-corrected chi connectivity index (χ2v) is 5.97. The Morgan fingerprint density at radius 1 is 1.38 bits per heavy atom. The number of nitrogens with zero attached hydrogens (tertiary/aromatic N) is 2. The lowest BCUT2D eigenvalue weighted by atomic mass is 9.98. The highest BCUT2D eigenvalue weighted by atomic mass is 35.5. The van der Waals surface area contributed by atoms with Crippen molar-refractivity contribution in [1.29, 1.82) is 0 Å². The Morgan fingerprint density at radius 3 is 2.71 bits per heavy atom. The van der Waals surface area contributed by atoms with E-state index in [0.717, 1.165) is 4.90 Å². The molecule has 0 bridgehead atoms. The molecule has 1 aromatic carbocycles. The Kier molecular flexibility index (Phi) is 3.93. The summed E-state index contributed by atoms with van der Waals surface area (Å²) in [7, 11) is 0. The number of aliphatic hydroxyl groups is 1.